The molecule has 116 valence electrons. The van der Waals surface area contributed by atoms with Gasteiger partial charge in [0.2, 0.25) is 5.91 Å². The van der Waals surface area contributed by atoms with E-state index in [9.17, 15) is 9.59 Å². The topological polar surface area (TPSA) is 58.6 Å². The van der Waals surface area contributed by atoms with Crippen LogP contribution in [-0.4, -0.2) is 42.5 Å². The number of carbonyl (C=O) groups excluding carboxylic acids is 2. The summed E-state index contributed by atoms with van der Waals surface area (Å²) >= 11 is 1.69. The molecule has 0 saturated carbocycles. The Morgan fingerprint density at radius 1 is 1.48 bits per heavy atom. The first-order valence-electron chi connectivity index (χ1n) is 7.26. The van der Waals surface area contributed by atoms with Crippen LogP contribution < -0.4 is 5.32 Å². The minimum atomic E-state index is -0.316. The zero-order valence-electron chi connectivity index (χ0n) is 12.6. The fourth-order valence-corrected chi connectivity index (χ4v) is 3.27. The average Bonchev–Trinajstić information content (AvgIpc) is 3.08. The Bertz CT molecular complexity index is 495. The molecule has 2 heterocycles. The highest BCUT2D eigenvalue weighted by Crippen LogP contribution is 2.20. The van der Waals surface area contributed by atoms with Crippen molar-refractivity contribution in [2.45, 2.75) is 39.3 Å². The van der Waals surface area contributed by atoms with E-state index in [2.05, 4.69) is 18.3 Å². The Hall–Kier alpha value is -1.40. The van der Waals surface area contributed by atoms with Crippen molar-refractivity contribution in [3.05, 3.63) is 21.9 Å². The summed E-state index contributed by atoms with van der Waals surface area (Å²) < 4.78 is 5.49. The van der Waals surface area contributed by atoms with E-state index >= 15 is 0 Å². The van der Waals surface area contributed by atoms with E-state index < -0.39 is 0 Å². The quantitative estimate of drug-likeness (QED) is 0.870. The van der Waals surface area contributed by atoms with Gasteiger partial charge in [-0.15, -0.1) is 11.3 Å². The Balaban J connectivity index is 1.98. The highest BCUT2D eigenvalue weighted by Gasteiger charge is 2.28. The summed E-state index contributed by atoms with van der Waals surface area (Å²) in [6.07, 6.45) is 1.41. The van der Waals surface area contributed by atoms with Gasteiger partial charge in [0.15, 0.2) is 0 Å². The smallest absolute Gasteiger partial charge is 0.252 e. The first-order chi connectivity index (χ1) is 10.1. The minimum Gasteiger partial charge on any atom is -0.368 e. The van der Waals surface area contributed by atoms with Crippen LogP contribution in [0.3, 0.4) is 0 Å². The number of rotatable bonds is 6. The molecular formula is C15H22N2O3S. The molecule has 2 amide bonds. The number of amides is 2. The molecule has 1 saturated heterocycles. The van der Waals surface area contributed by atoms with E-state index in [4.69, 9.17) is 4.74 Å². The van der Waals surface area contributed by atoms with Crippen LogP contribution in [0.15, 0.2) is 12.1 Å². The largest absolute Gasteiger partial charge is 0.368 e. The first-order valence-corrected chi connectivity index (χ1v) is 8.08. The van der Waals surface area contributed by atoms with Crippen LogP contribution in [-0.2, 0) is 20.9 Å². The lowest BCUT2D eigenvalue weighted by Crippen LogP contribution is -2.42. The standard InChI is InChI=1S/C15H22N2O3S/c1-11-5-6-13(21-11)10-17(8-7-16-12(2)18)15(19)14-4-3-9-20-14/h5-6,14H,3-4,7-10H2,1-2H3,(H,16,18)/t14-/m0/s1. The van der Waals surface area contributed by atoms with Crippen LogP contribution in [0.25, 0.3) is 0 Å². The molecule has 5 nitrogen and oxygen atoms in total. The predicted molar refractivity (Wildman–Crippen MR) is 82.1 cm³/mol. The van der Waals surface area contributed by atoms with Crippen molar-refractivity contribution in [1.29, 1.82) is 0 Å². The Morgan fingerprint density at radius 2 is 2.29 bits per heavy atom. The van der Waals surface area contributed by atoms with Gasteiger partial charge in [-0.05, 0) is 31.9 Å². The third kappa shape index (κ3) is 4.82. The summed E-state index contributed by atoms with van der Waals surface area (Å²) in [6.45, 7) is 5.75. The van der Waals surface area contributed by atoms with Gasteiger partial charge in [-0.2, -0.15) is 0 Å². The lowest BCUT2D eigenvalue weighted by atomic mass is 10.2. The van der Waals surface area contributed by atoms with Crippen molar-refractivity contribution in [2.75, 3.05) is 19.7 Å². The maximum Gasteiger partial charge on any atom is 0.252 e. The Kier molecular flexibility index (Phi) is 5.76. The fraction of sp³-hybridized carbons (Fsp3) is 0.600. The Morgan fingerprint density at radius 3 is 2.86 bits per heavy atom. The summed E-state index contributed by atoms with van der Waals surface area (Å²) in [7, 11) is 0. The SMILES string of the molecule is CC(=O)NCCN(Cc1ccc(C)s1)C(=O)[C@@H]1CCCO1. The summed E-state index contributed by atoms with van der Waals surface area (Å²) in [5.74, 6) is -0.0459. The van der Waals surface area contributed by atoms with E-state index in [1.54, 1.807) is 16.2 Å². The van der Waals surface area contributed by atoms with E-state index in [0.717, 1.165) is 17.7 Å². The second kappa shape index (κ2) is 7.56. The van der Waals surface area contributed by atoms with Gasteiger partial charge >= 0.3 is 0 Å². The molecule has 1 aromatic heterocycles. The van der Waals surface area contributed by atoms with E-state index in [0.29, 0.717) is 26.2 Å². The molecule has 0 unspecified atom stereocenters. The maximum absolute atomic E-state index is 12.5. The van der Waals surface area contributed by atoms with Crippen molar-refractivity contribution >= 4 is 23.2 Å². The van der Waals surface area contributed by atoms with Gasteiger partial charge < -0.3 is 15.0 Å². The van der Waals surface area contributed by atoms with Crippen LogP contribution >= 0.6 is 11.3 Å². The number of hydrogen-bond acceptors (Lipinski definition) is 4. The van der Waals surface area contributed by atoms with Crippen molar-refractivity contribution in [1.82, 2.24) is 10.2 Å². The highest BCUT2D eigenvalue weighted by molar-refractivity contribution is 7.11. The first kappa shape index (κ1) is 16.0. The highest BCUT2D eigenvalue weighted by atomic mass is 32.1. The molecule has 1 aliphatic heterocycles. The second-order valence-corrected chi connectivity index (χ2v) is 6.63. The third-order valence-corrected chi connectivity index (χ3v) is 4.40. The van der Waals surface area contributed by atoms with Crippen molar-refractivity contribution in [3.63, 3.8) is 0 Å². The molecule has 1 atom stereocenters. The molecule has 0 bridgehead atoms. The molecule has 0 aliphatic carbocycles. The number of ether oxygens (including phenoxy) is 1. The number of carbonyl (C=O) groups is 2. The number of hydrogen-bond donors (Lipinski definition) is 1. The summed E-state index contributed by atoms with van der Waals surface area (Å²) in [5.41, 5.74) is 0. The molecule has 1 N–H and O–H groups in total. The maximum atomic E-state index is 12.5. The van der Waals surface area contributed by atoms with Crippen LogP contribution in [0, 0.1) is 6.92 Å². The second-order valence-electron chi connectivity index (χ2n) is 5.26. The zero-order chi connectivity index (χ0) is 15.2. The molecule has 1 fully saturated rings. The summed E-state index contributed by atoms with van der Waals surface area (Å²) in [4.78, 5) is 27.7. The van der Waals surface area contributed by atoms with Gasteiger partial charge in [0, 0.05) is 36.4 Å². The minimum absolute atomic E-state index is 0.0314. The van der Waals surface area contributed by atoms with Crippen LogP contribution in [0.4, 0.5) is 0 Å². The lowest BCUT2D eigenvalue weighted by Gasteiger charge is -2.25. The zero-order valence-corrected chi connectivity index (χ0v) is 13.4. The van der Waals surface area contributed by atoms with E-state index in [1.165, 1.54) is 11.8 Å². The van der Waals surface area contributed by atoms with Crippen molar-refractivity contribution in [2.24, 2.45) is 0 Å². The fourth-order valence-electron chi connectivity index (χ4n) is 2.37. The molecule has 2 rings (SSSR count). The molecular weight excluding hydrogens is 288 g/mol. The number of nitrogens with zero attached hydrogens (tertiary/aromatic N) is 1. The van der Waals surface area contributed by atoms with Gasteiger partial charge in [0.25, 0.3) is 5.91 Å². The van der Waals surface area contributed by atoms with Crippen molar-refractivity contribution in [3.8, 4) is 0 Å². The van der Waals surface area contributed by atoms with Gasteiger partial charge in [-0.25, -0.2) is 0 Å². The van der Waals surface area contributed by atoms with Crippen molar-refractivity contribution < 1.29 is 14.3 Å². The molecule has 0 radical (unpaired) electrons. The van der Waals surface area contributed by atoms with Gasteiger partial charge in [-0.1, -0.05) is 0 Å². The number of thiophene rings is 1. The summed E-state index contributed by atoms with van der Waals surface area (Å²) in [5, 5.41) is 2.74. The third-order valence-electron chi connectivity index (χ3n) is 3.42. The molecule has 0 aromatic carbocycles. The predicted octanol–water partition coefficient (Wildman–Crippen LogP) is 1.70. The normalized spacial score (nSPS) is 17.7. The molecule has 6 heteroatoms. The van der Waals surface area contributed by atoms with Crippen LogP contribution in [0.2, 0.25) is 0 Å². The van der Waals surface area contributed by atoms with E-state index in [1.807, 2.05) is 6.07 Å². The van der Waals surface area contributed by atoms with Gasteiger partial charge in [0.05, 0.1) is 6.54 Å². The molecule has 21 heavy (non-hydrogen) atoms. The monoisotopic (exact) mass is 310 g/mol. The van der Waals surface area contributed by atoms with Gasteiger partial charge in [-0.3, -0.25) is 9.59 Å². The average molecular weight is 310 g/mol. The lowest BCUT2D eigenvalue weighted by molar-refractivity contribution is -0.141. The molecule has 1 aliphatic rings. The van der Waals surface area contributed by atoms with Crippen LogP contribution in [0.5, 0.6) is 0 Å². The summed E-state index contributed by atoms with van der Waals surface area (Å²) in [6, 6.07) is 4.11. The Labute approximate surface area is 129 Å². The van der Waals surface area contributed by atoms with Crippen LogP contribution in [0.1, 0.15) is 29.5 Å². The number of nitrogens with one attached hydrogen (secondary N) is 1. The number of aryl methyl sites for hydroxylation is 1. The van der Waals surface area contributed by atoms with E-state index in [-0.39, 0.29) is 17.9 Å². The molecule has 0 spiro atoms. The molecule has 1 aromatic rings. The van der Waals surface area contributed by atoms with Gasteiger partial charge in [0.1, 0.15) is 6.10 Å².